The van der Waals surface area contributed by atoms with E-state index >= 15 is 0 Å². The van der Waals surface area contributed by atoms with Crippen LogP contribution in [0, 0.1) is 12.7 Å². The van der Waals surface area contributed by atoms with Crippen LogP contribution < -0.4 is 10.2 Å². The highest BCUT2D eigenvalue weighted by molar-refractivity contribution is 5.97. The molecule has 7 nitrogen and oxygen atoms in total. The molecule has 1 N–H and O–H groups in total. The van der Waals surface area contributed by atoms with Gasteiger partial charge >= 0.3 is 0 Å². The van der Waals surface area contributed by atoms with Gasteiger partial charge in [0.15, 0.2) is 0 Å². The molecule has 0 fully saturated rings. The quantitative estimate of drug-likeness (QED) is 0.503. The second-order valence-electron chi connectivity index (χ2n) is 7.84. The van der Waals surface area contributed by atoms with Crippen molar-refractivity contribution in [1.29, 1.82) is 0 Å². The molecule has 1 aliphatic rings. The minimum Gasteiger partial charge on any atom is -0.324 e. The highest BCUT2D eigenvalue weighted by Crippen LogP contribution is 2.36. The lowest BCUT2D eigenvalue weighted by Crippen LogP contribution is -2.37. The Morgan fingerprint density at radius 3 is 2.58 bits per heavy atom. The molecule has 164 valence electrons. The number of fused-ring (bicyclic) bond motifs is 1. The van der Waals surface area contributed by atoms with Crippen molar-refractivity contribution < 1.29 is 9.18 Å². The Hall–Kier alpha value is -4.33. The van der Waals surface area contributed by atoms with Crippen molar-refractivity contribution in [3.05, 3.63) is 107 Å². The van der Waals surface area contributed by atoms with E-state index in [-0.39, 0.29) is 18.5 Å². The number of halogens is 1. The van der Waals surface area contributed by atoms with Crippen LogP contribution in [0.3, 0.4) is 0 Å². The number of carbonyl (C=O) groups is 1. The lowest BCUT2D eigenvalue weighted by atomic mass is 10.00. The summed E-state index contributed by atoms with van der Waals surface area (Å²) in [5.74, 6) is -0.275. The summed E-state index contributed by atoms with van der Waals surface area (Å²) in [5.41, 5.74) is 4.31. The molecule has 1 amide bonds. The van der Waals surface area contributed by atoms with Crippen molar-refractivity contribution >= 4 is 23.2 Å². The zero-order valence-corrected chi connectivity index (χ0v) is 17.9. The van der Waals surface area contributed by atoms with Crippen molar-refractivity contribution in [2.45, 2.75) is 13.0 Å². The number of benzene rings is 3. The Morgan fingerprint density at radius 2 is 1.82 bits per heavy atom. The van der Waals surface area contributed by atoms with Gasteiger partial charge in [-0.3, -0.25) is 9.69 Å². The first kappa shape index (κ1) is 20.6. The first-order valence-corrected chi connectivity index (χ1v) is 10.5. The molecule has 3 aromatic carbocycles. The molecule has 0 bridgehead atoms. The summed E-state index contributed by atoms with van der Waals surface area (Å²) in [6.45, 7) is 1.98. The molecule has 0 spiro atoms. The van der Waals surface area contributed by atoms with Gasteiger partial charge in [0.05, 0.1) is 5.70 Å². The van der Waals surface area contributed by atoms with Gasteiger partial charge in [0, 0.05) is 5.69 Å². The number of anilines is 2. The molecule has 8 heteroatoms. The molecular formula is C25H21FN6O. The number of tetrazole rings is 1. The van der Waals surface area contributed by atoms with E-state index < -0.39 is 5.82 Å². The second-order valence-corrected chi connectivity index (χ2v) is 7.84. The topological polar surface area (TPSA) is 75.9 Å². The first-order valence-electron chi connectivity index (χ1n) is 10.5. The molecule has 0 saturated carbocycles. The first-order chi connectivity index (χ1) is 16.1. The van der Waals surface area contributed by atoms with Crippen LogP contribution in [0.1, 0.15) is 22.7 Å². The monoisotopic (exact) mass is 440 g/mol. The summed E-state index contributed by atoms with van der Waals surface area (Å²) in [4.78, 5) is 14.7. The van der Waals surface area contributed by atoms with Gasteiger partial charge in [-0.15, -0.1) is 0 Å². The number of allylic oxidation sites excluding steroid dienone is 1. The molecule has 0 aliphatic carbocycles. The fourth-order valence-corrected chi connectivity index (χ4v) is 3.89. The van der Waals surface area contributed by atoms with Crippen LogP contribution >= 0.6 is 0 Å². The zero-order valence-electron chi connectivity index (χ0n) is 17.9. The third kappa shape index (κ3) is 4.23. The van der Waals surface area contributed by atoms with E-state index in [1.54, 1.807) is 21.7 Å². The summed E-state index contributed by atoms with van der Waals surface area (Å²) in [6.07, 6.45) is 2.05. The SMILES string of the molecule is Cc1ccc(C2=CC(c3ccccc3)n3nnnc3N2CC(=O)Nc2cccc(F)c2)cc1. The van der Waals surface area contributed by atoms with Gasteiger partial charge in [-0.05, 0) is 52.8 Å². The number of nitrogens with zero attached hydrogens (tertiary/aromatic N) is 5. The predicted molar refractivity (Wildman–Crippen MR) is 124 cm³/mol. The Kier molecular flexibility index (Phi) is 5.40. The highest BCUT2D eigenvalue weighted by atomic mass is 19.1. The van der Waals surface area contributed by atoms with Crippen molar-refractivity contribution in [2.24, 2.45) is 0 Å². The molecular weight excluding hydrogens is 419 g/mol. The van der Waals surface area contributed by atoms with Crippen molar-refractivity contribution in [3.8, 4) is 0 Å². The predicted octanol–water partition coefficient (Wildman–Crippen LogP) is 4.21. The molecule has 5 rings (SSSR count). The average molecular weight is 440 g/mol. The van der Waals surface area contributed by atoms with Crippen LogP contribution in [0.4, 0.5) is 16.0 Å². The number of rotatable bonds is 5. The maximum atomic E-state index is 13.6. The number of nitrogens with one attached hydrogen (secondary N) is 1. The summed E-state index contributed by atoms with van der Waals surface area (Å²) in [7, 11) is 0. The molecule has 2 heterocycles. The fourth-order valence-electron chi connectivity index (χ4n) is 3.89. The average Bonchev–Trinajstić information content (AvgIpc) is 3.31. The number of hydrogen-bond acceptors (Lipinski definition) is 5. The van der Waals surface area contributed by atoms with Crippen LogP contribution in [0.25, 0.3) is 5.70 Å². The number of carbonyl (C=O) groups excluding carboxylic acids is 1. The van der Waals surface area contributed by atoms with Gasteiger partial charge in [0.25, 0.3) is 5.95 Å². The molecule has 33 heavy (non-hydrogen) atoms. The summed E-state index contributed by atoms with van der Waals surface area (Å²) < 4.78 is 15.2. The molecule has 1 unspecified atom stereocenters. The van der Waals surface area contributed by atoms with E-state index in [1.807, 2.05) is 61.5 Å². The van der Waals surface area contributed by atoms with E-state index in [0.717, 1.165) is 22.4 Å². The van der Waals surface area contributed by atoms with Gasteiger partial charge < -0.3 is 5.32 Å². The Morgan fingerprint density at radius 1 is 1.03 bits per heavy atom. The standard InChI is InChI=1S/C25H21FN6O/c1-17-10-12-19(13-11-17)22-15-23(18-6-3-2-4-7-18)32-25(28-29-30-32)31(22)16-24(33)27-21-9-5-8-20(26)14-21/h2-15,23H,16H2,1H3,(H,27,33). The van der Waals surface area contributed by atoms with Gasteiger partial charge in [-0.25, -0.2) is 4.39 Å². The van der Waals surface area contributed by atoms with Crippen molar-refractivity contribution in [2.75, 3.05) is 16.8 Å². The van der Waals surface area contributed by atoms with Crippen LogP contribution in [0.5, 0.6) is 0 Å². The van der Waals surface area contributed by atoms with E-state index in [4.69, 9.17) is 0 Å². The molecule has 1 aromatic heterocycles. The van der Waals surface area contributed by atoms with Gasteiger partial charge in [-0.2, -0.15) is 4.68 Å². The normalized spacial score (nSPS) is 15.0. The Balaban J connectivity index is 1.53. The van der Waals surface area contributed by atoms with Crippen LogP contribution in [0.2, 0.25) is 0 Å². The number of hydrogen-bond donors (Lipinski definition) is 1. The third-order valence-corrected chi connectivity index (χ3v) is 5.49. The minimum atomic E-state index is -0.416. The van der Waals surface area contributed by atoms with E-state index in [0.29, 0.717) is 11.6 Å². The second kappa shape index (κ2) is 8.66. The molecule has 0 radical (unpaired) electrons. The highest BCUT2D eigenvalue weighted by Gasteiger charge is 2.31. The molecule has 0 saturated heterocycles. The third-order valence-electron chi connectivity index (χ3n) is 5.49. The van der Waals surface area contributed by atoms with Crippen molar-refractivity contribution in [1.82, 2.24) is 20.2 Å². The lowest BCUT2D eigenvalue weighted by molar-refractivity contribution is -0.114. The van der Waals surface area contributed by atoms with Crippen molar-refractivity contribution in [3.63, 3.8) is 0 Å². The summed E-state index contributed by atoms with van der Waals surface area (Å²) in [6, 6.07) is 23.6. The fraction of sp³-hybridized carbons (Fsp3) is 0.120. The summed E-state index contributed by atoms with van der Waals surface area (Å²) in [5, 5.41) is 15.1. The number of aryl methyl sites for hydroxylation is 1. The summed E-state index contributed by atoms with van der Waals surface area (Å²) >= 11 is 0. The number of amides is 1. The van der Waals surface area contributed by atoms with Crippen LogP contribution in [-0.2, 0) is 4.79 Å². The maximum Gasteiger partial charge on any atom is 0.251 e. The van der Waals surface area contributed by atoms with Gasteiger partial charge in [-0.1, -0.05) is 71.3 Å². The van der Waals surface area contributed by atoms with E-state index in [2.05, 4.69) is 26.9 Å². The smallest absolute Gasteiger partial charge is 0.251 e. The molecule has 4 aromatic rings. The lowest BCUT2D eigenvalue weighted by Gasteiger charge is -2.32. The molecule has 1 atom stereocenters. The zero-order chi connectivity index (χ0) is 22.8. The van der Waals surface area contributed by atoms with Crippen LogP contribution in [0.15, 0.2) is 84.9 Å². The minimum absolute atomic E-state index is 0.0435. The molecule has 1 aliphatic heterocycles. The van der Waals surface area contributed by atoms with Gasteiger partial charge in [0.1, 0.15) is 18.4 Å². The Labute approximate surface area is 190 Å². The van der Waals surface area contributed by atoms with E-state index in [1.165, 1.54) is 12.1 Å². The largest absolute Gasteiger partial charge is 0.324 e. The van der Waals surface area contributed by atoms with Gasteiger partial charge in [0.2, 0.25) is 5.91 Å². The van der Waals surface area contributed by atoms with E-state index in [9.17, 15) is 9.18 Å². The maximum absolute atomic E-state index is 13.6. The Bertz CT molecular complexity index is 1320. The number of aromatic nitrogens is 4. The van der Waals surface area contributed by atoms with Crippen LogP contribution in [-0.4, -0.2) is 32.7 Å².